The second kappa shape index (κ2) is 10.4. The molecule has 4 rings (SSSR count). The Morgan fingerprint density at radius 3 is 2.44 bits per heavy atom. The lowest BCUT2D eigenvalue weighted by Gasteiger charge is -2.34. The van der Waals surface area contributed by atoms with Crippen LogP contribution in [-0.2, 0) is 6.42 Å². The van der Waals surface area contributed by atoms with E-state index in [0.29, 0.717) is 49.8 Å². The third-order valence-corrected chi connectivity index (χ3v) is 5.35. The van der Waals surface area contributed by atoms with Crippen molar-refractivity contribution in [2.24, 2.45) is 0 Å². The molecule has 1 fully saturated rings. The molecule has 1 N–H and O–H groups in total. The number of nitrogens with one attached hydrogen (secondary N) is 1. The predicted molar refractivity (Wildman–Crippen MR) is 123 cm³/mol. The molecule has 2 aromatic carbocycles. The molecule has 32 heavy (non-hydrogen) atoms. The van der Waals surface area contributed by atoms with E-state index in [1.165, 1.54) is 5.56 Å². The van der Waals surface area contributed by atoms with E-state index in [1.54, 1.807) is 46.5 Å². The van der Waals surface area contributed by atoms with Gasteiger partial charge in [0.2, 0.25) is 0 Å². The molecule has 7 nitrogen and oxygen atoms in total. The summed E-state index contributed by atoms with van der Waals surface area (Å²) < 4.78 is 5.86. The Hall–Kier alpha value is -3.87. The van der Waals surface area contributed by atoms with Crippen LogP contribution in [0.1, 0.15) is 15.9 Å². The standard InChI is InChI=1S/C25H26N4O3/c30-24(21-8-4-10-23(18-21)32-17-11-20-6-2-1-3-7-20)28-13-15-29(16-14-28)25(31)27-22-9-5-12-26-19-22/h1-10,12,18-19H,11,13-17H2,(H,27,31). The smallest absolute Gasteiger partial charge is 0.322 e. The van der Waals surface area contributed by atoms with Crippen molar-refractivity contribution in [2.45, 2.75) is 6.42 Å². The molecule has 1 aliphatic heterocycles. The minimum absolute atomic E-state index is 0.0502. The van der Waals surface area contributed by atoms with Gasteiger partial charge >= 0.3 is 6.03 Å². The normalized spacial score (nSPS) is 13.5. The molecule has 3 aromatic rings. The van der Waals surface area contributed by atoms with Crippen molar-refractivity contribution in [1.82, 2.24) is 14.8 Å². The second-order valence-electron chi connectivity index (χ2n) is 7.56. The minimum atomic E-state index is -0.182. The molecule has 1 aromatic heterocycles. The van der Waals surface area contributed by atoms with Crippen molar-refractivity contribution in [3.63, 3.8) is 0 Å². The number of pyridine rings is 1. The van der Waals surface area contributed by atoms with E-state index in [-0.39, 0.29) is 11.9 Å². The molecule has 0 radical (unpaired) electrons. The highest BCUT2D eigenvalue weighted by Gasteiger charge is 2.25. The number of benzene rings is 2. The van der Waals surface area contributed by atoms with Gasteiger partial charge in [-0.1, -0.05) is 36.4 Å². The van der Waals surface area contributed by atoms with Crippen molar-refractivity contribution in [2.75, 3.05) is 38.1 Å². The zero-order chi connectivity index (χ0) is 22.2. The molecule has 0 bridgehead atoms. The minimum Gasteiger partial charge on any atom is -0.493 e. The van der Waals surface area contributed by atoms with Crippen molar-refractivity contribution in [3.8, 4) is 5.75 Å². The maximum atomic E-state index is 13.0. The van der Waals surface area contributed by atoms with Crippen LogP contribution in [0.2, 0.25) is 0 Å². The molecule has 0 atom stereocenters. The van der Waals surface area contributed by atoms with E-state index in [0.717, 1.165) is 6.42 Å². The third-order valence-electron chi connectivity index (χ3n) is 5.35. The number of aromatic nitrogens is 1. The Morgan fingerprint density at radius 2 is 1.69 bits per heavy atom. The largest absolute Gasteiger partial charge is 0.493 e. The number of urea groups is 1. The Kier molecular flexibility index (Phi) is 6.97. The number of carbonyl (C=O) groups is 2. The molecule has 1 saturated heterocycles. The lowest BCUT2D eigenvalue weighted by molar-refractivity contribution is 0.0671. The zero-order valence-electron chi connectivity index (χ0n) is 17.8. The first-order valence-corrected chi connectivity index (χ1v) is 10.7. The first-order chi connectivity index (χ1) is 15.7. The molecular formula is C25H26N4O3. The summed E-state index contributed by atoms with van der Waals surface area (Å²) in [7, 11) is 0. The van der Waals surface area contributed by atoms with Gasteiger partial charge in [0.15, 0.2) is 0 Å². The molecule has 7 heteroatoms. The van der Waals surface area contributed by atoms with Crippen LogP contribution in [0.4, 0.5) is 10.5 Å². The van der Waals surface area contributed by atoms with E-state index >= 15 is 0 Å². The van der Waals surface area contributed by atoms with Crippen molar-refractivity contribution in [1.29, 1.82) is 0 Å². The molecule has 0 unspecified atom stereocenters. The molecule has 0 saturated carbocycles. The van der Waals surface area contributed by atoms with Crippen LogP contribution >= 0.6 is 0 Å². The number of hydrogen-bond acceptors (Lipinski definition) is 4. The summed E-state index contributed by atoms with van der Waals surface area (Å²) in [5, 5.41) is 2.83. The van der Waals surface area contributed by atoms with E-state index < -0.39 is 0 Å². The summed E-state index contributed by atoms with van der Waals surface area (Å²) in [6.07, 6.45) is 4.07. The molecule has 164 valence electrons. The van der Waals surface area contributed by atoms with E-state index in [4.69, 9.17) is 4.74 Å². The van der Waals surface area contributed by atoms with Gasteiger partial charge in [-0.25, -0.2) is 4.79 Å². The first kappa shape index (κ1) is 21.4. The van der Waals surface area contributed by atoms with Crippen LogP contribution in [0.15, 0.2) is 79.1 Å². The first-order valence-electron chi connectivity index (χ1n) is 10.7. The number of carbonyl (C=O) groups excluding carboxylic acids is 2. The fourth-order valence-electron chi connectivity index (χ4n) is 3.58. The number of rotatable bonds is 6. The van der Waals surface area contributed by atoms with Crippen LogP contribution in [0.5, 0.6) is 5.75 Å². The van der Waals surface area contributed by atoms with E-state index in [1.807, 2.05) is 30.3 Å². The molecular weight excluding hydrogens is 404 g/mol. The summed E-state index contributed by atoms with van der Waals surface area (Å²) in [6, 6.07) is 20.8. The fraction of sp³-hybridized carbons (Fsp3) is 0.240. The Labute approximate surface area is 187 Å². The van der Waals surface area contributed by atoms with Gasteiger partial charge in [0, 0.05) is 44.4 Å². The zero-order valence-corrected chi connectivity index (χ0v) is 17.8. The van der Waals surface area contributed by atoms with Gasteiger partial charge in [0.25, 0.3) is 5.91 Å². The van der Waals surface area contributed by atoms with Crippen LogP contribution in [0, 0.1) is 0 Å². The van der Waals surface area contributed by atoms with E-state index in [2.05, 4.69) is 22.4 Å². The number of hydrogen-bond donors (Lipinski definition) is 1. The molecule has 3 amide bonds. The number of piperazine rings is 1. The predicted octanol–water partition coefficient (Wildman–Crippen LogP) is 3.69. The second-order valence-corrected chi connectivity index (χ2v) is 7.56. The van der Waals surface area contributed by atoms with Crippen molar-refractivity contribution in [3.05, 3.63) is 90.3 Å². The molecule has 0 spiro atoms. The summed E-state index contributed by atoms with van der Waals surface area (Å²) >= 11 is 0. The number of amides is 3. The quantitative estimate of drug-likeness (QED) is 0.647. The topological polar surface area (TPSA) is 74.8 Å². The van der Waals surface area contributed by atoms with Gasteiger partial charge in [-0.05, 0) is 35.9 Å². The summed E-state index contributed by atoms with van der Waals surface area (Å²) in [4.78, 5) is 32.9. The van der Waals surface area contributed by atoms with Gasteiger partial charge in [0.05, 0.1) is 18.5 Å². The highest BCUT2D eigenvalue weighted by molar-refractivity contribution is 5.95. The molecule has 1 aliphatic rings. The van der Waals surface area contributed by atoms with Crippen molar-refractivity contribution < 1.29 is 14.3 Å². The lowest BCUT2D eigenvalue weighted by Crippen LogP contribution is -2.51. The van der Waals surface area contributed by atoms with Crippen LogP contribution in [-0.4, -0.2) is 59.5 Å². The highest BCUT2D eigenvalue weighted by Crippen LogP contribution is 2.17. The average Bonchev–Trinajstić information content (AvgIpc) is 2.85. The monoisotopic (exact) mass is 430 g/mol. The van der Waals surface area contributed by atoms with Crippen LogP contribution in [0.25, 0.3) is 0 Å². The molecule has 2 heterocycles. The summed E-state index contributed by atoms with van der Waals surface area (Å²) in [5.74, 6) is 0.632. The fourth-order valence-corrected chi connectivity index (χ4v) is 3.58. The van der Waals surface area contributed by atoms with Gasteiger partial charge in [-0.15, -0.1) is 0 Å². The Bertz CT molecular complexity index is 1040. The summed E-state index contributed by atoms with van der Waals surface area (Å²) in [6.45, 7) is 2.47. The lowest BCUT2D eigenvalue weighted by atomic mass is 10.1. The highest BCUT2D eigenvalue weighted by atomic mass is 16.5. The van der Waals surface area contributed by atoms with Gasteiger partial charge < -0.3 is 19.9 Å². The van der Waals surface area contributed by atoms with Gasteiger partial charge in [0.1, 0.15) is 5.75 Å². The Morgan fingerprint density at radius 1 is 0.906 bits per heavy atom. The number of ether oxygens (including phenoxy) is 1. The maximum Gasteiger partial charge on any atom is 0.322 e. The van der Waals surface area contributed by atoms with Gasteiger partial charge in [-0.2, -0.15) is 0 Å². The third kappa shape index (κ3) is 5.63. The average molecular weight is 431 g/mol. The maximum absolute atomic E-state index is 13.0. The van der Waals surface area contributed by atoms with Gasteiger partial charge in [-0.3, -0.25) is 9.78 Å². The SMILES string of the molecule is O=C(Nc1cccnc1)N1CCN(C(=O)c2cccc(OCCc3ccccc3)c2)CC1. The molecule has 0 aliphatic carbocycles. The number of anilines is 1. The van der Waals surface area contributed by atoms with Crippen molar-refractivity contribution >= 4 is 17.6 Å². The van der Waals surface area contributed by atoms with Crippen LogP contribution < -0.4 is 10.1 Å². The Balaban J connectivity index is 1.27. The van der Waals surface area contributed by atoms with E-state index in [9.17, 15) is 9.59 Å². The van der Waals surface area contributed by atoms with Crippen LogP contribution in [0.3, 0.4) is 0 Å². The summed E-state index contributed by atoms with van der Waals surface area (Å²) in [5.41, 5.74) is 2.46. The number of nitrogens with zero attached hydrogens (tertiary/aromatic N) is 3.